The van der Waals surface area contributed by atoms with E-state index in [1.165, 1.54) is 11.2 Å². The summed E-state index contributed by atoms with van der Waals surface area (Å²) in [6.45, 7) is 5.11. The van der Waals surface area contributed by atoms with E-state index in [4.69, 9.17) is 5.11 Å². The third-order valence-electron chi connectivity index (χ3n) is 2.30. The zero-order chi connectivity index (χ0) is 13.0. The fraction of sp³-hybridized carbons (Fsp3) is 0.600. The molecule has 0 aromatic carbocycles. The molecule has 1 atom stereocenters. The van der Waals surface area contributed by atoms with Crippen molar-refractivity contribution < 1.29 is 14.7 Å². The van der Waals surface area contributed by atoms with E-state index in [2.05, 4.69) is 15.2 Å². The number of aliphatic carboxylic acids is 1. The molecule has 1 aromatic heterocycles. The molecule has 7 nitrogen and oxygen atoms in total. The minimum absolute atomic E-state index is 0.0710. The van der Waals surface area contributed by atoms with Crippen molar-refractivity contribution in [1.82, 2.24) is 15.2 Å². The highest BCUT2D eigenvalue weighted by Gasteiger charge is 2.25. The highest BCUT2D eigenvalue weighted by Crippen LogP contribution is 2.12. The van der Waals surface area contributed by atoms with Gasteiger partial charge in [-0.2, -0.15) is 10.1 Å². The monoisotopic (exact) mass is 240 g/mol. The Morgan fingerprint density at radius 3 is 2.53 bits per heavy atom. The quantitative estimate of drug-likeness (QED) is 0.781. The molecular formula is C10H16N4O3. The summed E-state index contributed by atoms with van der Waals surface area (Å²) in [5.41, 5.74) is 0. The van der Waals surface area contributed by atoms with Crippen molar-refractivity contribution in [3.05, 3.63) is 6.33 Å². The maximum absolute atomic E-state index is 11.9. The predicted molar refractivity (Wildman–Crippen MR) is 60.4 cm³/mol. The van der Waals surface area contributed by atoms with Gasteiger partial charge in [0, 0.05) is 12.5 Å². The van der Waals surface area contributed by atoms with Gasteiger partial charge in [0.05, 0.1) is 5.92 Å². The molecule has 0 bridgehead atoms. The first-order chi connectivity index (χ1) is 7.93. The van der Waals surface area contributed by atoms with Gasteiger partial charge in [-0.15, -0.1) is 0 Å². The number of carbonyl (C=O) groups excluding carboxylic acids is 1. The van der Waals surface area contributed by atoms with Crippen LogP contribution in [0.15, 0.2) is 6.33 Å². The molecular weight excluding hydrogens is 224 g/mol. The number of aromatic amines is 1. The standard InChI is InChI=1S/C10H16N4O3/c1-6(2)8(15)14(4-7(3)9(16)17)10-11-5-12-13-10/h5-7H,4H2,1-3H3,(H,16,17)(H,11,12,13). The van der Waals surface area contributed by atoms with Crippen molar-refractivity contribution in [3.8, 4) is 0 Å². The number of H-pyrrole nitrogens is 1. The summed E-state index contributed by atoms with van der Waals surface area (Å²) in [6.07, 6.45) is 1.28. The van der Waals surface area contributed by atoms with Crippen molar-refractivity contribution in [1.29, 1.82) is 0 Å². The van der Waals surface area contributed by atoms with Crippen LogP contribution in [-0.4, -0.2) is 38.7 Å². The van der Waals surface area contributed by atoms with Crippen molar-refractivity contribution in [2.75, 3.05) is 11.4 Å². The largest absolute Gasteiger partial charge is 0.481 e. The lowest BCUT2D eigenvalue weighted by Gasteiger charge is -2.23. The number of rotatable bonds is 5. The second-order valence-corrected chi connectivity index (χ2v) is 4.15. The normalized spacial score (nSPS) is 12.5. The molecule has 0 saturated carbocycles. The SMILES string of the molecule is CC(C)C(=O)N(CC(C)C(=O)O)c1ncn[nH]1. The van der Waals surface area contributed by atoms with Gasteiger partial charge in [-0.05, 0) is 0 Å². The summed E-state index contributed by atoms with van der Waals surface area (Å²) in [7, 11) is 0. The van der Waals surface area contributed by atoms with E-state index in [0.717, 1.165) is 0 Å². The lowest BCUT2D eigenvalue weighted by Crippen LogP contribution is -2.40. The Labute approximate surface area is 98.8 Å². The second kappa shape index (κ2) is 5.42. The molecule has 0 saturated heterocycles. The second-order valence-electron chi connectivity index (χ2n) is 4.15. The summed E-state index contributed by atoms with van der Waals surface area (Å²) >= 11 is 0. The lowest BCUT2D eigenvalue weighted by molar-refractivity contribution is -0.140. The molecule has 94 valence electrons. The highest BCUT2D eigenvalue weighted by molar-refractivity contribution is 5.93. The van der Waals surface area contributed by atoms with Gasteiger partial charge in [-0.3, -0.25) is 14.5 Å². The minimum Gasteiger partial charge on any atom is -0.481 e. The van der Waals surface area contributed by atoms with Crippen molar-refractivity contribution in [3.63, 3.8) is 0 Å². The first kappa shape index (κ1) is 13.1. The lowest BCUT2D eigenvalue weighted by atomic mass is 10.1. The van der Waals surface area contributed by atoms with Gasteiger partial charge in [0.2, 0.25) is 11.9 Å². The van der Waals surface area contributed by atoms with E-state index >= 15 is 0 Å². The number of hydrogen-bond donors (Lipinski definition) is 2. The van der Waals surface area contributed by atoms with E-state index in [9.17, 15) is 9.59 Å². The van der Waals surface area contributed by atoms with E-state index in [1.54, 1.807) is 20.8 Å². The third-order valence-corrected chi connectivity index (χ3v) is 2.30. The molecule has 1 rings (SSSR count). The smallest absolute Gasteiger partial charge is 0.308 e. The Bertz CT molecular complexity index is 388. The molecule has 1 aromatic rings. The van der Waals surface area contributed by atoms with E-state index in [0.29, 0.717) is 0 Å². The summed E-state index contributed by atoms with van der Waals surface area (Å²) in [4.78, 5) is 28.0. The summed E-state index contributed by atoms with van der Waals surface area (Å²) in [5, 5.41) is 15.1. The number of nitrogens with zero attached hydrogens (tertiary/aromatic N) is 3. The van der Waals surface area contributed by atoms with E-state index in [1.807, 2.05) is 0 Å². The molecule has 1 unspecified atom stereocenters. The fourth-order valence-electron chi connectivity index (χ4n) is 1.27. The fourth-order valence-corrected chi connectivity index (χ4v) is 1.27. The zero-order valence-corrected chi connectivity index (χ0v) is 10.0. The minimum atomic E-state index is -0.953. The topological polar surface area (TPSA) is 99.2 Å². The predicted octanol–water partition coefficient (Wildman–Crippen LogP) is 0.514. The summed E-state index contributed by atoms with van der Waals surface area (Å²) < 4.78 is 0. The van der Waals surface area contributed by atoms with Gasteiger partial charge in [0.1, 0.15) is 6.33 Å². The maximum atomic E-state index is 11.9. The molecule has 7 heteroatoms. The van der Waals surface area contributed by atoms with E-state index in [-0.39, 0.29) is 24.3 Å². The van der Waals surface area contributed by atoms with Crippen LogP contribution in [0, 0.1) is 11.8 Å². The third kappa shape index (κ3) is 3.27. The molecule has 1 heterocycles. The molecule has 1 amide bonds. The van der Waals surface area contributed by atoms with Gasteiger partial charge in [-0.1, -0.05) is 20.8 Å². The van der Waals surface area contributed by atoms with Gasteiger partial charge in [0.15, 0.2) is 0 Å². The number of carbonyl (C=O) groups is 2. The van der Waals surface area contributed by atoms with Crippen LogP contribution < -0.4 is 4.90 Å². The number of aromatic nitrogens is 3. The number of amides is 1. The Kier molecular flexibility index (Phi) is 4.19. The molecule has 0 spiro atoms. The van der Waals surface area contributed by atoms with Crippen molar-refractivity contribution >= 4 is 17.8 Å². The molecule has 2 N–H and O–H groups in total. The molecule has 0 radical (unpaired) electrons. The van der Waals surface area contributed by atoms with Crippen LogP contribution in [0.5, 0.6) is 0 Å². The van der Waals surface area contributed by atoms with Crippen LogP contribution in [0.2, 0.25) is 0 Å². The van der Waals surface area contributed by atoms with Gasteiger partial charge in [-0.25, -0.2) is 5.10 Å². The zero-order valence-electron chi connectivity index (χ0n) is 10.0. The average molecular weight is 240 g/mol. The molecule has 0 fully saturated rings. The summed E-state index contributed by atoms with van der Waals surface area (Å²) in [6, 6.07) is 0. The van der Waals surface area contributed by atoms with E-state index < -0.39 is 11.9 Å². The Morgan fingerprint density at radius 1 is 1.47 bits per heavy atom. The van der Waals surface area contributed by atoms with Crippen molar-refractivity contribution in [2.24, 2.45) is 11.8 Å². The number of carboxylic acid groups (broad SMARTS) is 1. The number of anilines is 1. The van der Waals surface area contributed by atoms with Crippen LogP contribution in [0.3, 0.4) is 0 Å². The maximum Gasteiger partial charge on any atom is 0.308 e. The first-order valence-corrected chi connectivity index (χ1v) is 5.33. The van der Waals surface area contributed by atoms with Gasteiger partial charge < -0.3 is 5.11 Å². The Morgan fingerprint density at radius 2 is 2.12 bits per heavy atom. The Balaban J connectivity index is 2.88. The van der Waals surface area contributed by atoms with Crippen LogP contribution in [0.4, 0.5) is 5.95 Å². The number of hydrogen-bond acceptors (Lipinski definition) is 4. The van der Waals surface area contributed by atoms with Crippen LogP contribution in [-0.2, 0) is 9.59 Å². The average Bonchev–Trinajstić information content (AvgIpc) is 2.77. The number of nitrogens with one attached hydrogen (secondary N) is 1. The van der Waals surface area contributed by atoms with Crippen LogP contribution in [0.25, 0.3) is 0 Å². The summed E-state index contributed by atoms with van der Waals surface area (Å²) in [5.74, 6) is -1.76. The van der Waals surface area contributed by atoms with Crippen molar-refractivity contribution in [2.45, 2.75) is 20.8 Å². The molecule has 0 aliphatic rings. The van der Waals surface area contributed by atoms with Gasteiger partial charge >= 0.3 is 5.97 Å². The number of carboxylic acids is 1. The molecule has 0 aliphatic carbocycles. The molecule has 17 heavy (non-hydrogen) atoms. The van der Waals surface area contributed by atoms with Crippen LogP contribution >= 0.6 is 0 Å². The Hall–Kier alpha value is -1.92. The first-order valence-electron chi connectivity index (χ1n) is 5.33. The van der Waals surface area contributed by atoms with Crippen LogP contribution in [0.1, 0.15) is 20.8 Å². The molecule has 0 aliphatic heterocycles. The van der Waals surface area contributed by atoms with Gasteiger partial charge in [0.25, 0.3) is 0 Å². The highest BCUT2D eigenvalue weighted by atomic mass is 16.4.